The predicted octanol–water partition coefficient (Wildman–Crippen LogP) is 3.50. The second-order valence-electron chi connectivity index (χ2n) is 3.70. The van der Waals surface area contributed by atoms with E-state index in [-0.39, 0.29) is 0 Å². The average molecular weight is 336 g/mol. The largest absolute Gasteiger partial charge is 0.495 e. The molecule has 2 aromatic rings. The van der Waals surface area contributed by atoms with Gasteiger partial charge >= 0.3 is 0 Å². The quantitative estimate of drug-likeness (QED) is 0.862. The van der Waals surface area contributed by atoms with Crippen LogP contribution in [0.4, 0.5) is 0 Å². The Balaban J connectivity index is 2.43. The highest BCUT2D eigenvalue weighted by Gasteiger charge is 2.11. The molecule has 19 heavy (non-hydrogen) atoms. The van der Waals surface area contributed by atoms with Crippen LogP contribution in [0.25, 0.3) is 0 Å². The molecule has 5 heteroatoms. The zero-order chi connectivity index (χ0) is 13.8. The third-order valence-electron chi connectivity index (χ3n) is 2.52. The molecule has 0 saturated heterocycles. The molecular weight excluding hydrogens is 326 g/mol. The van der Waals surface area contributed by atoms with Gasteiger partial charge in [0.2, 0.25) is 0 Å². The minimum Gasteiger partial charge on any atom is -0.495 e. The highest BCUT2D eigenvalue weighted by atomic mass is 79.9. The van der Waals surface area contributed by atoms with Gasteiger partial charge in [-0.15, -0.1) is 0 Å². The van der Waals surface area contributed by atoms with Crippen molar-refractivity contribution in [3.05, 3.63) is 52.5 Å². The summed E-state index contributed by atoms with van der Waals surface area (Å²) in [5, 5.41) is 8.92. The molecule has 0 spiro atoms. The Kier molecular flexibility index (Phi) is 4.35. The smallest absolute Gasteiger partial charge is 0.137 e. The Bertz CT molecular complexity index is 679. The minimum absolute atomic E-state index is 0.428. The van der Waals surface area contributed by atoms with E-state index in [4.69, 9.17) is 10.00 Å². The van der Waals surface area contributed by atoms with Gasteiger partial charge < -0.3 is 4.74 Å². The van der Waals surface area contributed by atoms with Crippen molar-refractivity contribution in [3.63, 3.8) is 0 Å². The SMILES string of the molecule is COc1cc(S(=O)c2cccc(Br)c2)ccc1C#N. The van der Waals surface area contributed by atoms with Crippen molar-refractivity contribution >= 4 is 26.7 Å². The van der Waals surface area contributed by atoms with Gasteiger partial charge in [-0.1, -0.05) is 22.0 Å². The van der Waals surface area contributed by atoms with Crippen LogP contribution in [0.1, 0.15) is 5.56 Å². The summed E-state index contributed by atoms with van der Waals surface area (Å²) in [6.45, 7) is 0. The van der Waals surface area contributed by atoms with Gasteiger partial charge in [0.15, 0.2) is 0 Å². The van der Waals surface area contributed by atoms with Crippen LogP contribution in [0.3, 0.4) is 0 Å². The van der Waals surface area contributed by atoms with Crippen LogP contribution in [-0.4, -0.2) is 11.3 Å². The number of ether oxygens (including phenoxy) is 1. The van der Waals surface area contributed by atoms with Crippen LogP contribution in [0.5, 0.6) is 5.75 Å². The number of hydrogen-bond acceptors (Lipinski definition) is 3. The van der Waals surface area contributed by atoms with Crippen molar-refractivity contribution in [2.75, 3.05) is 7.11 Å². The summed E-state index contributed by atoms with van der Waals surface area (Å²) in [4.78, 5) is 1.30. The van der Waals surface area contributed by atoms with Gasteiger partial charge in [0, 0.05) is 14.3 Å². The molecule has 0 aliphatic rings. The van der Waals surface area contributed by atoms with Crippen molar-refractivity contribution < 1.29 is 8.95 Å². The van der Waals surface area contributed by atoms with Crippen molar-refractivity contribution in [1.82, 2.24) is 0 Å². The normalized spacial score (nSPS) is 11.6. The first kappa shape index (κ1) is 13.8. The molecular formula is C14H10BrNO2S. The van der Waals surface area contributed by atoms with Crippen LogP contribution >= 0.6 is 15.9 Å². The maximum Gasteiger partial charge on any atom is 0.137 e. The predicted molar refractivity (Wildman–Crippen MR) is 76.5 cm³/mol. The summed E-state index contributed by atoms with van der Waals surface area (Å²) in [5.41, 5.74) is 0.428. The summed E-state index contributed by atoms with van der Waals surface area (Å²) in [6, 6.07) is 14.3. The van der Waals surface area contributed by atoms with Crippen molar-refractivity contribution in [3.8, 4) is 11.8 Å². The number of nitrogens with zero attached hydrogens (tertiary/aromatic N) is 1. The van der Waals surface area contributed by atoms with Gasteiger partial charge in [-0.2, -0.15) is 5.26 Å². The first-order chi connectivity index (χ1) is 9.15. The van der Waals surface area contributed by atoms with Crippen LogP contribution in [-0.2, 0) is 10.8 Å². The van der Waals surface area contributed by atoms with Crippen molar-refractivity contribution in [2.45, 2.75) is 9.79 Å². The number of methoxy groups -OCH3 is 1. The average Bonchev–Trinajstić information content (AvgIpc) is 2.45. The second-order valence-corrected chi connectivity index (χ2v) is 6.10. The van der Waals surface area contributed by atoms with Gasteiger partial charge in [0.1, 0.15) is 11.8 Å². The summed E-state index contributed by atoms with van der Waals surface area (Å²) in [7, 11) is 0.189. The summed E-state index contributed by atoms with van der Waals surface area (Å²) < 4.78 is 18.4. The third kappa shape index (κ3) is 3.03. The highest BCUT2D eigenvalue weighted by molar-refractivity contribution is 9.10. The van der Waals surface area contributed by atoms with E-state index in [1.54, 1.807) is 30.3 Å². The summed E-state index contributed by atoms with van der Waals surface area (Å²) in [5.74, 6) is 0.434. The molecule has 2 aromatic carbocycles. The zero-order valence-corrected chi connectivity index (χ0v) is 12.5. The van der Waals surface area contributed by atoms with E-state index in [0.717, 1.165) is 4.47 Å². The van der Waals surface area contributed by atoms with Crippen LogP contribution < -0.4 is 4.74 Å². The summed E-state index contributed by atoms with van der Waals surface area (Å²) >= 11 is 3.35. The number of nitriles is 1. The molecule has 0 aliphatic carbocycles. The molecule has 0 fully saturated rings. The Morgan fingerprint density at radius 1 is 1.21 bits per heavy atom. The third-order valence-corrected chi connectivity index (χ3v) is 4.38. The molecule has 1 atom stereocenters. The number of halogens is 1. The lowest BCUT2D eigenvalue weighted by atomic mass is 10.2. The maximum absolute atomic E-state index is 12.4. The molecule has 0 aromatic heterocycles. The minimum atomic E-state index is -1.30. The topological polar surface area (TPSA) is 50.1 Å². The molecule has 0 bridgehead atoms. The van der Waals surface area contributed by atoms with E-state index < -0.39 is 10.8 Å². The Morgan fingerprint density at radius 2 is 1.95 bits per heavy atom. The Morgan fingerprint density at radius 3 is 2.58 bits per heavy atom. The lowest BCUT2D eigenvalue weighted by Crippen LogP contribution is -1.95. The number of benzene rings is 2. The second kappa shape index (κ2) is 6.00. The molecule has 96 valence electrons. The number of rotatable bonds is 3. The molecule has 0 radical (unpaired) electrons. The van der Waals surface area contributed by atoms with Gasteiger partial charge in [-0.05, 0) is 36.4 Å². The molecule has 3 nitrogen and oxygen atoms in total. The standard InChI is InChI=1S/C14H10BrNO2S/c1-18-14-8-13(6-5-10(14)9-16)19(17)12-4-2-3-11(15)7-12/h2-8H,1H3. The van der Waals surface area contributed by atoms with E-state index in [1.165, 1.54) is 7.11 Å². The fourth-order valence-corrected chi connectivity index (χ4v) is 3.26. The van der Waals surface area contributed by atoms with E-state index >= 15 is 0 Å². The highest BCUT2D eigenvalue weighted by Crippen LogP contribution is 2.25. The molecule has 0 amide bonds. The lowest BCUT2D eigenvalue weighted by Gasteiger charge is -2.07. The van der Waals surface area contributed by atoms with Crippen molar-refractivity contribution in [1.29, 1.82) is 5.26 Å². The van der Waals surface area contributed by atoms with Gasteiger partial charge in [-0.25, -0.2) is 4.21 Å². The van der Waals surface area contributed by atoms with E-state index in [0.29, 0.717) is 21.1 Å². The molecule has 1 unspecified atom stereocenters. The van der Waals surface area contributed by atoms with E-state index in [2.05, 4.69) is 15.9 Å². The molecule has 0 saturated carbocycles. The monoisotopic (exact) mass is 335 g/mol. The van der Waals surface area contributed by atoms with E-state index in [9.17, 15) is 4.21 Å². The lowest BCUT2D eigenvalue weighted by molar-refractivity contribution is 0.412. The Hall–Kier alpha value is -1.64. The summed E-state index contributed by atoms with van der Waals surface area (Å²) in [6.07, 6.45) is 0. The van der Waals surface area contributed by atoms with Crippen LogP contribution in [0.15, 0.2) is 56.7 Å². The van der Waals surface area contributed by atoms with Gasteiger partial charge in [0.25, 0.3) is 0 Å². The fraction of sp³-hybridized carbons (Fsp3) is 0.0714. The fourth-order valence-electron chi connectivity index (χ4n) is 1.60. The van der Waals surface area contributed by atoms with Gasteiger partial charge in [0.05, 0.1) is 23.5 Å². The van der Waals surface area contributed by atoms with Crippen molar-refractivity contribution in [2.24, 2.45) is 0 Å². The zero-order valence-electron chi connectivity index (χ0n) is 10.1. The Labute approximate surface area is 122 Å². The molecule has 0 heterocycles. The van der Waals surface area contributed by atoms with E-state index in [1.807, 2.05) is 18.2 Å². The molecule has 2 rings (SSSR count). The maximum atomic E-state index is 12.4. The molecule has 0 aliphatic heterocycles. The number of hydrogen-bond donors (Lipinski definition) is 0. The first-order valence-electron chi connectivity index (χ1n) is 5.41. The van der Waals surface area contributed by atoms with Crippen LogP contribution in [0, 0.1) is 11.3 Å². The molecule has 0 N–H and O–H groups in total. The van der Waals surface area contributed by atoms with Gasteiger partial charge in [-0.3, -0.25) is 0 Å². The van der Waals surface area contributed by atoms with Crippen LogP contribution in [0.2, 0.25) is 0 Å². The first-order valence-corrected chi connectivity index (χ1v) is 7.35.